The van der Waals surface area contributed by atoms with Crippen LogP contribution in [-0.2, 0) is 4.79 Å². The molecule has 2 aromatic rings. The van der Waals surface area contributed by atoms with E-state index in [0.29, 0.717) is 18.2 Å². The highest BCUT2D eigenvalue weighted by molar-refractivity contribution is 7.99. The summed E-state index contributed by atoms with van der Waals surface area (Å²) in [7, 11) is 0. The van der Waals surface area contributed by atoms with Crippen molar-refractivity contribution in [3.63, 3.8) is 0 Å². The first-order valence-corrected chi connectivity index (χ1v) is 10.7. The second-order valence-corrected chi connectivity index (χ2v) is 8.50. The summed E-state index contributed by atoms with van der Waals surface area (Å²) in [4.78, 5) is 35.8. The molecule has 2 N–H and O–H groups in total. The molecule has 1 aromatic heterocycles. The predicted octanol–water partition coefficient (Wildman–Crippen LogP) is 3.70. The van der Waals surface area contributed by atoms with Gasteiger partial charge in [0.25, 0.3) is 0 Å². The normalized spacial score (nSPS) is 14.7. The largest absolute Gasteiger partial charge is 0.342 e. The molecule has 8 heteroatoms. The van der Waals surface area contributed by atoms with Crippen LogP contribution in [0.1, 0.15) is 32.3 Å². The molecule has 154 valence electrons. The van der Waals surface area contributed by atoms with E-state index in [9.17, 15) is 9.59 Å². The van der Waals surface area contributed by atoms with Crippen molar-refractivity contribution in [2.75, 3.05) is 18.4 Å². The van der Waals surface area contributed by atoms with Crippen molar-refractivity contribution in [1.29, 1.82) is 0 Å². The molecular formula is C21H27N5O2S. The van der Waals surface area contributed by atoms with Gasteiger partial charge in [-0.2, -0.15) is 0 Å². The minimum atomic E-state index is -0.214. The van der Waals surface area contributed by atoms with Crippen LogP contribution in [0.5, 0.6) is 0 Å². The van der Waals surface area contributed by atoms with Crippen LogP contribution < -0.4 is 10.6 Å². The lowest BCUT2D eigenvalue weighted by Crippen LogP contribution is -2.48. The molecule has 3 amide bonds. The van der Waals surface area contributed by atoms with Crippen LogP contribution in [0.15, 0.2) is 46.7 Å². The van der Waals surface area contributed by atoms with Gasteiger partial charge in [0, 0.05) is 48.0 Å². The topological polar surface area (TPSA) is 87.2 Å². The number of amides is 3. The van der Waals surface area contributed by atoms with Crippen LogP contribution in [0.4, 0.5) is 10.5 Å². The Bertz CT molecular complexity index is 851. The van der Waals surface area contributed by atoms with Crippen LogP contribution >= 0.6 is 11.8 Å². The van der Waals surface area contributed by atoms with E-state index in [0.717, 1.165) is 29.0 Å². The van der Waals surface area contributed by atoms with Crippen LogP contribution in [0.3, 0.4) is 0 Å². The molecule has 1 fully saturated rings. The maximum atomic E-state index is 12.4. The Kier molecular flexibility index (Phi) is 7.09. The van der Waals surface area contributed by atoms with Crippen molar-refractivity contribution in [3.05, 3.63) is 42.2 Å². The fourth-order valence-electron chi connectivity index (χ4n) is 3.24. The number of rotatable bonds is 5. The van der Waals surface area contributed by atoms with E-state index in [4.69, 9.17) is 0 Å². The summed E-state index contributed by atoms with van der Waals surface area (Å²) in [5.74, 6) is 0.197. The monoisotopic (exact) mass is 413 g/mol. The fraction of sp³-hybridized carbons (Fsp3) is 0.429. The number of anilines is 1. The van der Waals surface area contributed by atoms with Gasteiger partial charge in [0.05, 0.1) is 0 Å². The third-order valence-electron chi connectivity index (χ3n) is 4.83. The van der Waals surface area contributed by atoms with Gasteiger partial charge in [-0.25, -0.2) is 14.8 Å². The smallest absolute Gasteiger partial charge is 0.319 e. The van der Waals surface area contributed by atoms with Gasteiger partial charge in [-0.05, 0) is 61.4 Å². The second kappa shape index (κ2) is 9.73. The van der Waals surface area contributed by atoms with Crippen LogP contribution in [0.2, 0.25) is 0 Å². The number of piperidine rings is 1. The number of urea groups is 1. The van der Waals surface area contributed by atoms with Gasteiger partial charge in [-0.3, -0.25) is 4.79 Å². The standard InChI is InChI=1S/C21H27N5O2S/c1-14(2)19(27)26-11-7-16(8-12-26)24-20(28)25-18-6-5-17(13-15(18)3)29-21-22-9-4-10-23-21/h4-6,9-10,13-14,16H,7-8,11-12H2,1-3H3,(H2,24,25,28). The summed E-state index contributed by atoms with van der Waals surface area (Å²) in [5, 5.41) is 6.64. The van der Waals surface area contributed by atoms with E-state index in [1.807, 2.05) is 43.9 Å². The Hall–Kier alpha value is -2.61. The predicted molar refractivity (Wildman–Crippen MR) is 114 cm³/mol. The molecular weight excluding hydrogens is 386 g/mol. The average Bonchev–Trinajstić information content (AvgIpc) is 2.71. The molecule has 29 heavy (non-hydrogen) atoms. The zero-order chi connectivity index (χ0) is 20.8. The van der Waals surface area contributed by atoms with Crippen molar-refractivity contribution in [3.8, 4) is 0 Å². The zero-order valence-corrected chi connectivity index (χ0v) is 17.8. The van der Waals surface area contributed by atoms with Crippen molar-refractivity contribution in [1.82, 2.24) is 20.2 Å². The van der Waals surface area contributed by atoms with Gasteiger partial charge in [0.15, 0.2) is 5.16 Å². The van der Waals surface area contributed by atoms with Crippen molar-refractivity contribution < 1.29 is 9.59 Å². The Balaban J connectivity index is 1.50. The van der Waals surface area contributed by atoms with Gasteiger partial charge in [0.1, 0.15) is 0 Å². The van der Waals surface area contributed by atoms with E-state index in [-0.39, 0.29) is 23.9 Å². The van der Waals surface area contributed by atoms with Gasteiger partial charge in [-0.15, -0.1) is 0 Å². The molecule has 1 saturated heterocycles. The summed E-state index contributed by atoms with van der Waals surface area (Å²) in [6.07, 6.45) is 4.98. The lowest BCUT2D eigenvalue weighted by molar-refractivity contribution is -0.135. The van der Waals surface area contributed by atoms with Crippen LogP contribution in [0.25, 0.3) is 0 Å². The molecule has 2 heterocycles. The molecule has 0 radical (unpaired) electrons. The number of nitrogens with one attached hydrogen (secondary N) is 2. The molecule has 1 aliphatic heterocycles. The first kappa shape index (κ1) is 21.1. The van der Waals surface area contributed by atoms with Gasteiger partial charge < -0.3 is 15.5 Å². The summed E-state index contributed by atoms with van der Waals surface area (Å²) in [6.45, 7) is 7.17. The first-order valence-electron chi connectivity index (χ1n) is 9.84. The van der Waals surface area contributed by atoms with Gasteiger partial charge in [0.2, 0.25) is 5.91 Å². The highest BCUT2D eigenvalue weighted by Crippen LogP contribution is 2.27. The molecule has 0 saturated carbocycles. The van der Waals surface area contributed by atoms with E-state index in [1.54, 1.807) is 18.5 Å². The number of carbonyl (C=O) groups excluding carboxylic acids is 2. The number of likely N-dealkylation sites (tertiary alicyclic amines) is 1. The van der Waals surface area contributed by atoms with Crippen LogP contribution in [-0.4, -0.2) is 45.9 Å². The molecule has 3 rings (SSSR count). The highest BCUT2D eigenvalue weighted by Gasteiger charge is 2.25. The molecule has 0 atom stereocenters. The average molecular weight is 414 g/mol. The molecule has 7 nitrogen and oxygen atoms in total. The Morgan fingerprint density at radius 3 is 2.48 bits per heavy atom. The lowest BCUT2D eigenvalue weighted by atomic mass is 10.0. The molecule has 0 aliphatic carbocycles. The molecule has 0 unspecified atom stereocenters. The minimum absolute atomic E-state index is 0.0142. The summed E-state index contributed by atoms with van der Waals surface area (Å²) in [6, 6.07) is 7.49. The summed E-state index contributed by atoms with van der Waals surface area (Å²) < 4.78 is 0. The SMILES string of the molecule is Cc1cc(Sc2ncccn2)ccc1NC(=O)NC1CCN(C(=O)C(C)C)CC1. The van der Waals surface area contributed by atoms with E-state index in [2.05, 4.69) is 20.6 Å². The summed E-state index contributed by atoms with van der Waals surface area (Å²) in [5.41, 5.74) is 1.74. The maximum Gasteiger partial charge on any atom is 0.319 e. The Morgan fingerprint density at radius 1 is 1.17 bits per heavy atom. The zero-order valence-electron chi connectivity index (χ0n) is 17.0. The van der Waals surface area contributed by atoms with E-state index in [1.165, 1.54) is 11.8 Å². The quantitative estimate of drug-likeness (QED) is 0.730. The van der Waals surface area contributed by atoms with Gasteiger partial charge in [-0.1, -0.05) is 13.8 Å². The van der Waals surface area contributed by atoms with E-state index >= 15 is 0 Å². The minimum Gasteiger partial charge on any atom is -0.342 e. The van der Waals surface area contributed by atoms with Crippen molar-refractivity contribution >= 4 is 29.4 Å². The summed E-state index contributed by atoms with van der Waals surface area (Å²) >= 11 is 1.48. The third-order valence-corrected chi connectivity index (χ3v) is 5.72. The molecule has 0 bridgehead atoms. The number of aryl methyl sites for hydroxylation is 1. The first-order chi connectivity index (χ1) is 13.9. The third kappa shape index (κ3) is 5.93. The number of benzene rings is 1. The Labute approximate surface area is 175 Å². The molecule has 1 aliphatic rings. The van der Waals surface area contributed by atoms with Crippen molar-refractivity contribution in [2.24, 2.45) is 5.92 Å². The number of nitrogens with zero attached hydrogens (tertiary/aromatic N) is 3. The maximum absolute atomic E-state index is 12.4. The molecule has 0 spiro atoms. The second-order valence-electron chi connectivity index (χ2n) is 7.46. The lowest BCUT2D eigenvalue weighted by Gasteiger charge is -2.33. The number of carbonyl (C=O) groups is 2. The fourth-order valence-corrected chi connectivity index (χ4v) is 4.05. The number of hydrogen-bond donors (Lipinski definition) is 2. The van der Waals surface area contributed by atoms with Crippen LogP contribution in [0, 0.1) is 12.8 Å². The number of hydrogen-bond acceptors (Lipinski definition) is 5. The Morgan fingerprint density at radius 2 is 1.86 bits per heavy atom. The number of aromatic nitrogens is 2. The molecule has 1 aromatic carbocycles. The van der Waals surface area contributed by atoms with Gasteiger partial charge >= 0.3 is 6.03 Å². The van der Waals surface area contributed by atoms with E-state index < -0.39 is 0 Å². The van der Waals surface area contributed by atoms with Crippen molar-refractivity contribution in [2.45, 2.75) is 49.7 Å². The highest BCUT2D eigenvalue weighted by atomic mass is 32.2.